The normalized spacial score (nSPS) is 21.2. The SMILES string of the molecule is CCN1CCCC(C(C)Nc2cccc(C)c2C#N)C1. The number of piperidine rings is 1. The molecule has 0 spiro atoms. The summed E-state index contributed by atoms with van der Waals surface area (Å²) in [6.07, 6.45) is 2.56. The number of aryl methyl sites for hydroxylation is 1. The molecule has 2 unspecified atom stereocenters. The Morgan fingerprint density at radius 3 is 3.00 bits per heavy atom. The Hall–Kier alpha value is -1.53. The third-order valence-electron chi connectivity index (χ3n) is 4.46. The smallest absolute Gasteiger partial charge is 0.102 e. The lowest BCUT2D eigenvalue weighted by molar-refractivity contribution is 0.172. The van der Waals surface area contributed by atoms with Crippen molar-refractivity contribution < 1.29 is 0 Å². The van der Waals surface area contributed by atoms with Crippen LogP contribution in [-0.4, -0.2) is 30.6 Å². The Bertz CT molecular complexity index is 489. The lowest BCUT2D eigenvalue weighted by Crippen LogP contribution is -2.41. The van der Waals surface area contributed by atoms with Gasteiger partial charge in [0.15, 0.2) is 0 Å². The van der Waals surface area contributed by atoms with E-state index in [1.807, 2.05) is 25.1 Å². The maximum Gasteiger partial charge on any atom is 0.102 e. The van der Waals surface area contributed by atoms with Crippen LogP contribution in [0.4, 0.5) is 5.69 Å². The molecule has 0 saturated carbocycles. The summed E-state index contributed by atoms with van der Waals surface area (Å²) in [5.74, 6) is 0.663. The number of likely N-dealkylation sites (tertiary alicyclic amines) is 1. The fraction of sp³-hybridized carbons (Fsp3) is 0.588. The molecule has 0 aliphatic carbocycles. The Labute approximate surface area is 122 Å². The molecule has 0 amide bonds. The van der Waals surface area contributed by atoms with Crippen LogP contribution in [-0.2, 0) is 0 Å². The topological polar surface area (TPSA) is 39.1 Å². The molecule has 3 heteroatoms. The fourth-order valence-electron chi connectivity index (χ4n) is 3.09. The second-order valence-electron chi connectivity index (χ2n) is 5.84. The third-order valence-corrected chi connectivity index (χ3v) is 4.46. The first-order chi connectivity index (χ1) is 9.65. The molecule has 2 rings (SSSR count). The molecule has 3 nitrogen and oxygen atoms in total. The second kappa shape index (κ2) is 6.76. The van der Waals surface area contributed by atoms with E-state index in [1.165, 1.54) is 25.9 Å². The highest BCUT2D eigenvalue weighted by Crippen LogP contribution is 2.25. The van der Waals surface area contributed by atoms with E-state index in [1.54, 1.807) is 0 Å². The van der Waals surface area contributed by atoms with Crippen LogP contribution in [0.25, 0.3) is 0 Å². The van der Waals surface area contributed by atoms with Crippen LogP contribution < -0.4 is 5.32 Å². The second-order valence-corrected chi connectivity index (χ2v) is 5.84. The van der Waals surface area contributed by atoms with E-state index in [9.17, 15) is 5.26 Å². The molecule has 1 aromatic carbocycles. The Morgan fingerprint density at radius 2 is 2.30 bits per heavy atom. The van der Waals surface area contributed by atoms with Crippen molar-refractivity contribution in [3.63, 3.8) is 0 Å². The van der Waals surface area contributed by atoms with Crippen LogP contribution in [0.5, 0.6) is 0 Å². The lowest BCUT2D eigenvalue weighted by atomic mass is 9.91. The van der Waals surface area contributed by atoms with Crippen molar-refractivity contribution in [2.24, 2.45) is 5.92 Å². The number of rotatable bonds is 4. The summed E-state index contributed by atoms with van der Waals surface area (Å²) in [6.45, 7) is 10.00. The summed E-state index contributed by atoms with van der Waals surface area (Å²) in [5, 5.41) is 12.9. The summed E-state index contributed by atoms with van der Waals surface area (Å²) in [6, 6.07) is 8.75. The fourth-order valence-corrected chi connectivity index (χ4v) is 3.09. The van der Waals surface area contributed by atoms with Gasteiger partial charge in [-0.1, -0.05) is 19.1 Å². The number of nitrogens with zero attached hydrogens (tertiary/aromatic N) is 2. The van der Waals surface area contributed by atoms with Crippen molar-refractivity contribution in [1.82, 2.24) is 4.90 Å². The van der Waals surface area contributed by atoms with Gasteiger partial charge in [0.25, 0.3) is 0 Å². The predicted octanol–water partition coefficient (Wildman–Crippen LogP) is 3.40. The molecular formula is C17H25N3. The summed E-state index contributed by atoms with van der Waals surface area (Å²) in [4.78, 5) is 2.52. The predicted molar refractivity (Wildman–Crippen MR) is 83.8 cm³/mol. The number of nitriles is 1. The monoisotopic (exact) mass is 271 g/mol. The maximum absolute atomic E-state index is 9.30. The van der Waals surface area contributed by atoms with Crippen LogP contribution >= 0.6 is 0 Å². The Morgan fingerprint density at radius 1 is 1.50 bits per heavy atom. The molecule has 1 aliphatic rings. The number of hydrogen-bond donors (Lipinski definition) is 1. The van der Waals surface area contributed by atoms with E-state index >= 15 is 0 Å². The summed E-state index contributed by atoms with van der Waals surface area (Å²) < 4.78 is 0. The molecule has 1 N–H and O–H groups in total. The summed E-state index contributed by atoms with van der Waals surface area (Å²) >= 11 is 0. The van der Waals surface area contributed by atoms with E-state index in [0.29, 0.717) is 12.0 Å². The Balaban J connectivity index is 2.06. The average molecular weight is 271 g/mol. The molecule has 0 radical (unpaired) electrons. The molecule has 1 heterocycles. The van der Waals surface area contributed by atoms with Crippen molar-refractivity contribution >= 4 is 5.69 Å². The third kappa shape index (κ3) is 3.32. The molecule has 20 heavy (non-hydrogen) atoms. The van der Waals surface area contributed by atoms with Gasteiger partial charge >= 0.3 is 0 Å². The number of benzene rings is 1. The number of nitrogens with one attached hydrogen (secondary N) is 1. The molecule has 2 atom stereocenters. The van der Waals surface area contributed by atoms with Gasteiger partial charge in [-0.05, 0) is 57.3 Å². The van der Waals surface area contributed by atoms with Gasteiger partial charge in [-0.3, -0.25) is 0 Å². The first-order valence-electron chi connectivity index (χ1n) is 7.64. The molecule has 0 aromatic heterocycles. The zero-order valence-electron chi connectivity index (χ0n) is 12.8. The van der Waals surface area contributed by atoms with Gasteiger partial charge < -0.3 is 10.2 Å². The van der Waals surface area contributed by atoms with Crippen LogP contribution in [0, 0.1) is 24.2 Å². The van der Waals surface area contributed by atoms with E-state index in [-0.39, 0.29) is 0 Å². The first-order valence-corrected chi connectivity index (χ1v) is 7.64. The van der Waals surface area contributed by atoms with Gasteiger partial charge in [0, 0.05) is 12.6 Å². The number of anilines is 1. The zero-order valence-corrected chi connectivity index (χ0v) is 12.8. The van der Waals surface area contributed by atoms with Crippen molar-refractivity contribution in [1.29, 1.82) is 5.26 Å². The van der Waals surface area contributed by atoms with Crippen LogP contribution in [0.3, 0.4) is 0 Å². The van der Waals surface area contributed by atoms with Gasteiger partial charge in [-0.25, -0.2) is 0 Å². The average Bonchev–Trinajstić information content (AvgIpc) is 2.47. The molecule has 1 fully saturated rings. The van der Waals surface area contributed by atoms with Crippen molar-refractivity contribution in [2.45, 2.75) is 39.7 Å². The van der Waals surface area contributed by atoms with Crippen LogP contribution in [0.1, 0.15) is 37.8 Å². The lowest BCUT2D eigenvalue weighted by Gasteiger charge is -2.36. The minimum atomic E-state index is 0.401. The van der Waals surface area contributed by atoms with Crippen molar-refractivity contribution in [2.75, 3.05) is 25.0 Å². The Kier molecular flexibility index (Phi) is 5.03. The number of hydrogen-bond acceptors (Lipinski definition) is 3. The van der Waals surface area contributed by atoms with E-state index in [4.69, 9.17) is 0 Å². The minimum absolute atomic E-state index is 0.401. The molecule has 108 valence electrons. The highest BCUT2D eigenvalue weighted by Gasteiger charge is 2.24. The zero-order chi connectivity index (χ0) is 14.5. The van der Waals surface area contributed by atoms with E-state index < -0.39 is 0 Å². The van der Waals surface area contributed by atoms with Gasteiger partial charge in [0.1, 0.15) is 6.07 Å². The standard InChI is InChI=1S/C17H25N3/c1-4-20-10-6-8-15(12-20)14(3)19-17-9-5-7-13(2)16(17)11-18/h5,7,9,14-15,19H,4,6,8,10,12H2,1-3H3. The molecular weight excluding hydrogens is 246 g/mol. The quantitative estimate of drug-likeness (QED) is 0.912. The molecule has 1 aliphatic heterocycles. The van der Waals surface area contributed by atoms with Gasteiger partial charge in [0.2, 0.25) is 0 Å². The summed E-state index contributed by atoms with van der Waals surface area (Å²) in [7, 11) is 0. The van der Waals surface area contributed by atoms with Crippen molar-refractivity contribution in [3.05, 3.63) is 29.3 Å². The van der Waals surface area contributed by atoms with Gasteiger partial charge in [-0.15, -0.1) is 0 Å². The first kappa shape index (κ1) is 14.9. The van der Waals surface area contributed by atoms with Gasteiger partial charge in [-0.2, -0.15) is 5.26 Å². The molecule has 0 bridgehead atoms. The highest BCUT2D eigenvalue weighted by molar-refractivity contribution is 5.61. The summed E-state index contributed by atoms with van der Waals surface area (Å²) in [5.41, 5.74) is 2.81. The minimum Gasteiger partial charge on any atom is -0.381 e. The molecule has 1 saturated heterocycles. The molecule has 1 aromatic rings. The largest absolute Gasteiger partial charge is 0.381 e. The maximum atomic E-state index is 9.30. The van der Waals surface area contributed by atoms with E-state index in [0.717, 1.165) is 23.4 Å². The van der Waals surface area contributed by atoms with Gasteiger partial charge in [0.05, 0.1) is 11.3 Å². The van der Waals surface area contributed by atoms with E-state index in [2.05, 4.69) is 30.1 Å². The highest BCUT2D eigenvalue weighted by atomic mass is 15.1. The van der Waals surface area contributed by atoms with Crippen LogP contribution in [0.2, 0.25) is 0 Å². The van der Waals surface area contributed by atoms with Crippen molar-refractivity contribution in [3.8, 4) is 6.07 Å². The van der Waals surface area contributed by atoms with Crippen LogP contribution in [0.15, 0.2) is 18.2 Å².